The van der Waals surface area contributed by atoms with Crippen LogP contribution in [0.5, 0.6) is 0 Å². The summed E-state index contributed by atoms with van der Waals surface area (Å²) in [6, 6.07) is 0. The summed E-state index contributed by atoms with van der Waals surface area (Å²) in [5.74, 6) is 0. The molecule has 0 aliphatic rings. The first-order chi connectivity index (χ1) is 3.72. The first kappa shape index (κ1) is 6.59. The zero-order chi connectivity index (χ0) is 6.15. The highest BCUT2D eigenvalue weighted by Crippen LogP contribution is 2.30. The summed E-state index contributed by atoms with van der Waals surface area (Å²) in [6.45, 7) is 2.00. The van der Waals surface area contributed by atoms with Gasteiger partial charge in [0.2, 0.25) is 0 Å². The second kappa shape index (κ2) is 2.38. The summed E-state index contributed by atoms with van der Waals surface area (Å²) in [5, 5.41) is 2.83. The minimum absolute atomic E-state index is 0.843. The van der Waals surface area contributed by atoms with Crippen LogP contribution in [0.2, 0.25) is 5.02 Å². The van der Waals surface area contributed by atoms with E-state index in [9.17, 15) is 0 Å². The quantitative estimate of drug-likeness (QED) is 0.616. The summed E-state index contributed by atoms with van der Waals surface area (Å²) in [4.78, 5) is 1.17. The molecule has 0 saturated carbocycles. The van der Waals surface area contributed by atoms with Gasteiger partial charge in [-0.1, -0.05) is 11.6 Å². The third-order valence-electron chi connectivity index (χ3n) is 0.858. The van der Waals surface area contributed by atoms with Crippen LogP contribution < -0.4 is 0 Å². The molecule has 1 heterocycles. The van der Waals surface area contributed by atoms with Gasteiger partial charge in [-0.25, -0.2) is 0 Å². The van der Waals surface area contributed by atoms with Crippen molar-refractivity contribution in [3.8, 4) is 0 Å². The van der Waals surface area contributed by atoms with Gasteiger partial charge in [-0.2, -0.15) is 0 Å². The van der Waals surface area contributed by atoms with Gasteiger partial charge in [0.25, 0.3) is 0 Å². The molecule has 0 saturated heterocycles. The van der Waals surface area contributed by atoms with Gasteiger partial charge < -0.3 is 0 Å². The van der Waals surface area contributed by atoms with Gasteiger partial charge in [0.15, 0.2) is 0 Å². The van der Waals surface area contributed by atoms with Crippen LogP contribution in [0, 0.1) is 6.92 Å². The molecule has 1 aromatic heterocycles. The molecule has 0 aliphatic heterocycles. The van der Waals surface area contributed by atoms with E-state index in [1.807, 2.05) is 12.3 Å². The van der Waals surface area contributed by atoms with Crippen molar-refractivity contribution < 1.29 is 0 Å². The Morgan fingerprint density at radius 3 is 2.50 bits per heavy atom. The Bertz CT molecular complexity index is 175. The van der Waals surface area contributed by atoms with Gasteiger partial charge >= 0.3 is 0 Å². The van der Waals surface area contributed by atoms with E-state index in [-0.39, 0.29) is 0 Å². The van der Waals surface area contributed by atoms with Gasteiger partial charge in [-0.15, -0.1) is 11.3 Å². The van der Waals surface area contributed by atoms with Crippen LogP contribution in [0.25, 0.3) is 0 Å². The highest BCUT2D eigenvalue weighted by Gasteiger charge is 1.99. The Hall–Kier alpha value is 0.470. The van der Waals surface area contributed by atoms with E-state index in [0.717, 1.165) is 9.50 Å². The van der Waals surface area contributed by atoms with Crippen molar-refractivity contribution in [1.29, 1.82) is 0 Å². The summed E-state index contributed by atoms with van der Waals surface area (Å²) in [7, 11) is 0. The Morgan fingerprint density at radius 1 is 1.75 bits per heavy atom. The minimum Gasteiger partial charge on any atom is -0.146 e. The maximum atomic E-state index is 5.76. The maximum absolute atomic E-state index is 5.76. The highest BCUT2D eigenvalue weighted by molar-refractivity contribution is 9.10. The standard InChI is InChI=1S/C5H4BrClS/c1-3-5(7)4(6)2-8-3/h2H,1H3. The van der Waals surface area contributed by atoms with Crippen molar-refractivity contribution in [3.63, 3.8) is 0 Å². The van der Waals surface area contributed by atoms with Crippen molar-refractivity contribution in [2.45, 2.75) is 6.92 Å². The average molecular weight is 212 g/mol. The van der Waals surface area contributed by atoms with Crippen LogP contribution in [0.1, 0.15) is 4.88 Å². The Balaban J connectivity index is 3.19. The van der Waals surface area contributed by atoms with Crippen LogP contribution in [0.3, 0.4) is 0 Å². The lowest BCUT2D eigenvalue weighted by atomic mass is 10.5. The van der Waals surface area contributed by atoms with E-state index in [2.05, 4.69) is 15.9 Å². The molecule has 0 fully saturated rings. The molecule has 0 aliphatic carbocycles. The lowest BCUT2D eigenvalue weighted by Gasteiger charge is -1.81. The molecular weight excluding hydrogens is 207 g/mol. The van der Waals surface area contributed by atoms with Gasteiger partial charge in [-0.3, -0.25) is 0 Å². The fourth-order valence-corrected chi connectivity index (χ4v) is 1.99. The van der Waals surface area contributed by atoms with E-state index in [1.165, 1.54) is 4.88 Å². The predicted molar refractivity (Wildman–Crippen MR) is 41.8 cm³/mol. The fourth-order valence-electron chi connectivity index (χ4n) is 0.412. The second-order valence-electron chi connectivity index (χ2n) is 1.45. The van der Waals surface area contributed by atoms with Gasteiger partial charge in [0.05, 0.1) is 5.02 Å². The number of hydrogen-bond donors (Lipinski definition) is 0. The fraction of sp³-hybridized carbons (Fsp3) is 0.200. The van der Waals surface area contributed by atoms with Gasteiger partial charge in [-0.05, 0) is 22.9 Å². The van der Waals surface area contributed by atoms with Crippen molar-refractivity contribution in [1.82, 2.24) is 0 Å². The molecule has 0 bridgehead atoms. The van der Waals surface area contributed by atoms with E-state index in [0.29, 0.717) is 0 Å². The molecule has 0 atom stereocenters. The van der Waals surface area contributed by atoms with Gasteiger partial charge in [0.1, 0.15) is 0 Å². The van der Waals surface area contributed by atoms with Crippen LogP contribution >= 0.6 is 38.9 Å². The smallest absolute Gasteiger partial charge is 0.0684 e. The lowest BCUT2D eigenvalue weighted by Crippen LogP contribution is -1.57. The predicted octanol–water partition coefficient (Wildman–Crippen LogP) is 3.47. The molecule has 0 unspecified atom stereocenters. The number of halogens is 2. The second-order valence-corrected chi connectivity index (χ2v) is 3.77. The zero-order valence-electron chi connectivity index (χ0n) is 4.24. The van der Waals surface area contributed by atoms with E-state index >= 15 is 0 Å². The monoisotopic (exact) mass is 210 g/mol. The molecular formula is C5H4BrClS. The molecule has 44 valence electrons. The first-order valence-electron chi connectivity index (χ1n) is 2.11. The van der Waals surface area contributed by atoms with E-state index < -0.39 is 0 Å². The summed E-state index contributed by atoms with van der Waals surface area (Å²) >= 11 is 10.7. The number of thiophene rings is 1. The largest absolute Gasteiger partial charge is 0.146 e. The number of rotatable bonds is 0. The lowest BCUT2D eigenvalue weighted by molar-refractivity contribution is 1.62. The van der Waals surface area contributed by atoms with Crippen molar-refractivity contribution in [3.05, 3.63) is 19.8 Å². The van der Waals surface area contributed by atoms with Crippen LogP contribution in [0.15, 0.2) is 9.85 Å². The van der Waals surface area contributed by atoms with Crippen LogP contribution in [-0.2, 0) is 0 Å². The zero-order valence-corrected chi connectivity index (χ0v) is 7.40. The van der Waals surface area contributed by atoms with Gasteiger partial charge in [0, 0.05) is 14.7 Å². The van der Waals surface area contributed by atoms with Crippen molar-refractivity contribution in [2.24, 2.45) is 0 Å². The third kappa shape index (κ3) is 1.07. The minimum atomic E-state index is 0.843. The number of hydrogen-bond acceptors (Lipinski definition) is 1. The molecule has 0 nitrogen and oxygen atoms in total. The van der Waals surface area contributed by atoms with Crippen LogP contribution in [0.4, 0.5) is 0 Å². The highest BCUT2D eigenvalue weighted by atomic mass is 79.9. The summed E-state index contributed by atoms with van der Waals surface area (Å²) in [5.41, 5.74) is 0. The van der Waals surface area contributed by atoms with Crippen molar-refractivity contribution in [2.75, 3.05) is 0 Å². The first-order valence-corrected chi connectivity index (χ1v) is 4.16. The molecule has 0 amide bonds. The molecule has 1 aromatic rings. The van der Waals surface area contributed by atoms with Crippen molar-refractivity contribution >= 4 is 38.9 Å². The summed E-state index contributed by atoms with van der Waals surface area (Å²) in [6.07, 6.45) is 0. The Labute approximate surface area is 65.6 Å². The molecule has 8 heavy (non-hydrogen) atoms. The summed E-state index contributed by atoms with van der Waals surface area (Å²) < 4.78 is 1.00. The average Bonchev–Trinajstić information content (AvgIpc) is 1.98. The molecule has 0 N–H and O–H groups in total. The molecule has 0 spiro atoms. The van der Waals surface area contributed by atoms with Crippen LogP contribution in [-0.4, -0.2) is 0 Å². The normalized spacial score (nSPS) is 9.88. The maximum Gasteiger partial charge on any atom is 0.0684 e. The van der Waals surface area contributed by atoms with E-state index in [4.69, 9.17) is 11.6 Å². The molecule has 0 aromatic carbocycles. The topological polar surface area (TPSA) is 0 Å². The molecule has 3 heteroatoms. The molecule has 0 radical (unpaired) electrons. The van der Waals surface area contributed by atoms with E-state index in [1.54, 1.807) is 11.3 Å². The Kier molecular flexibility index (Phi) is 1.96. The molecule has 1 rings (SSSR count). The Morgan fingerprint density at radius 2 is 2.38 bits per heavy atom. The SMILES string of the molecule is Cc1scc(Br)c1Cl. The number of aryl methyl sites for hydroxylation is 1. The third-order valence-corrected chi connectivity index (χ3v) is 3.53.